The zero-order valence-electron chi connectivity index (χ0n) is 12.9. The summed E-state index contributed by atoms with van der Waals surface area (Å²) < 4.78 is 5.35. The number of esters is 1. The van der Waals surface area contributed by atoms with Crippen LogP contribution in [0, 0.1) is 23.7 Å². The molecule has 0 heterocycles. The number of rotatable bonds is 5. The van der Waals surface area contributed by atoms with Crippen molar-refractivity contribution in [3.63, 3.8) is 0 Å². The lowest BCUT2D eigenvalue weighted by molar-refractivity contribution is -0.161. The third-order valence-corrected chi connectivity index (χ3v) is 4.27. The van der Waals surface area contributed by atoms with Gasteiger partial charge in [0, 0.05) is 6.42 Å². The number of carbonyl (C=O) groups excluding carboxylic acids is 1. The Hall–Kier alpha value is -2.10. The van der Waals surface area contributed by atoms with E-state index in [1.54, 1.807) is 0 Å². The highest BCUT2D eigenvalue weighted by molar-refractivity contribution is 5.82. The summed E-state index contributed by atoms with van der Waals surface area (Å²) >= 11 is 0. The van der Waals surface area contributed by atoms with Gasteiger partial charge in [-0.1, -0.05) is 56.3 Å². The first-order valence-electron chi connectivity index (χ1n) is 7.62. The molecule has 1 aromatic rings. The van der Waals surface area contributed by atoms with E-state index in [1.165, 1.54) is 0 Å². The van der Waals surface area contributed by atoms with Gasteiger partial charge in [0.25, 0.3) is 0 Å². The average Bonchev–Trinajstić information content (AvgIpc) is 2.49. The first kappa shape index (κ1) is 16.3. The molecule has 1 aliphatic rings. The molecule has 1 aromatic carbocycles. The van der Waals surface area contributed by atoms with Crippen LogP contribution in [0.2, 0.25) is 0 Å². The van der Waals surface area contributed by atoms with Crippen molar-refractivity contribution < 1.29 is 19.4 Å². The number of carboxylic acid groups (broad SMARTS) is 1. The standard InChI is InChI=1S/C18H22O4/c1-12-8-9-13(2)16(15(12)17(19)20)18(21)22-11-10-14-6-4-3-5-7-14/h3-9,12-13,15-16H,10-11H2,1-2H3,(H,19,20)/t12-,13+,15+,16-/m1/s1. The van der Waals surface area contributed by atoms with E-state index in [9.17, 15) is 14.7 Å². The molecule has 0 saturated carbocycles. The van der Waals surface area contributed by atoms with E-state index >= 15 is 0 Å². The van der Waals surface area contributed by atoms with Crippen LogP contribution in [0.5, 0.6) is 0 Å². The fourth-order valence-electron chi connectivity index (χ4n) is 2.99. The molecule has 22 heavy (non-hydrogen) atoms. The van der Waals surface area contributed by atoms with Crippen molar-refractivity contribution in [1.29, 1.82) is 0 Å². The Kier molecular flexibility index (Phi) is 5.36. The Morgan fingerprint density at radius 1 is 1.05 bits per heavy atom. The van der Waals surface area contributed by atoms with Crippen LogP contribution in [0.4, 0.5) is 0 Å². The van der Waals surface area contributed by atoms with Crippen LogP contribution in [-0.2, 0) is 20.7 Å². The van der Waals surface area contributed by atoms with Gasteiger partial charge in [-0.2, -0.15) is 0 Å². The summed E-state index contributed by atoms with van der Waals surface area (Å²) in [7, 11) is 0. The van der Waals surface area contributed by atoms with Gasteiger partial charge in [0.2, 0.25) is 0 Å². The summed E-state index contributed by atoms with van der Waals surface area (Å²) in [5, 5.41) is 9.41. The topological polar surface area (TPSA) is 63.6 Å². The Balaban J connectivity index is 1.97. The SMILES string of the molecule is C[C@@H]1C=C[C@H](C)[C@@H](C(=O)OCCc2ccccc2)[C@H]1C(=O)O. The van der Waals surface area contributed by atoms with Crippen molar-refractivity contribution in [3.05, 3.63) is 48.0 Å². The lowest BCUT2D eigenvalue weighted by atomic mass is 9.71. The van der Waals surface area contributed by atoms with Gasteiger partial charge in [0.05, 0.1) is 18.4 Å². The molecule has 1 aliphatic carbocycles. The monoisotopic (exact) mass is 302 g/mol. The molecule has 4 nitrogen and oxygen atoms in total. The van der Waals surface area contributed by atoms with Gasteiger partial charge >= 0.3 is 11.9 Å². The first-order chi connectivity index (χ1) is 10.5. The molecule has 0 spiro atoms. The average molecular weight is 302 g/mol. The number of carboxylic acids is 1. The lowest BCUT2D eigenvalue weighted by Crippen LogP contribution is -2.40. The fourth-order valence-corrected chi connectivity index (χ4v) is 2.99. The van der Waals surface area contributed by atoms with Crippen molar-refractivity contribution >= 4 is 11.9 Å². The number of hydrogen-bond donors (Lipinski definition) is 1. The van der Waals surface area contributed by atoms with Crippen molar-refractivity contribution in [2.75, 3.05) is 6.61 Å². The number of aliphatic carboxylic acids is 1. The summed E-state index contributed by atoms with van der Waals surface area (Å²) in [6, 6.07) is 9.76. The highest BCUT2D eigenvalue weighted by atomic mass is 16.5. The lowest BCUT2D eigenvalue weighted by Gasteiger charge is -2.32. The number of ether oxygens (including phenoxy) is 1. The van der Waals surface area contributed by atoms with Gasteiger partial charge in [0.1, 0.15) is 0 Å². The molecular weight excluding hydrogens is 280 g/mol. The van der Waals surface area contributed by atoms with E-state index in [4.69, 9.17) is 4.74 Å². The largest absolute Gasteiger partial charge is 0.481 e. The fraction of sp³-hybridized carbons (Fsp3) is 0.444. The van der Waals surface area contributed by atoms with E-state index in [1.807, 2.05) is 56.3 Å². The predicted octanol–water partition coefficient (Wildman–Crippen LogP) is 2.93. The molecular formula is C18H22O4. The third-order valence-electron chi connectivity index (χ3n) is 4.27. The van der Waals surface area contributed by atoms with Crippen molar-refractivity contribution in [1.82, 2.24) is 0 Å². The maximum atomic E-state index is 12.3. The molecule has 0 amide bonds. The highest BCUT2D eigenvalue weighted by Crippen LogP contribution is 2.35. The Bertz CT molecular complexity index is 549. The van der Waals surface area contributed by atoms with Gasteiger partial charge in [-0.25, -0.2) is 0 Å². The highest BCUT2D eigenvalue weighted by Gasteiger charge is 2.42. The van der Waals surface area contributed by atoms with E-state index in [0.717, 1.165) is 5.56 Å². The van der Waals surface area contributed by atoms with E-state index in [0.29, 0.717) is 6.42 Å². The minimum Gasteiger partial charge on any atom is -0.481 e. The Morgan fingerprint density at radius 3 is 2.23 bits per heavy atom. The first-order valence-corrected chi connectivity index (χ1v) is 7.62. The van der Waals surface area contributed by atoms with Gasteiger partial charge in [-0.05, 0) is 17.4 Å². The van der Waals surface area contributed by atoms with Crippen LogP contribution in [0.3, 0.4) is 0 Å². The summed E-state index contributed by atoms with van der Waals surface area (Å²) in [4.78, 5) is 23.8. The second-order valence-corrected chi connectivity index (χ2v) is 5.90. The second-order valence-electron chi connectivity index (χ2n) is 5.90. The molecule has 0 bridgehead atoms. The van der Waals surface area contributed by atoms with Crippen molar-refractivity contribution in [2.24, 2.45) is 23.7 Å². The third kappa shape index (κ3) is 3.75. The molecule has 118 valence electrons. The molecule has 4 heteroatoms. The zero-order chi connectivity index (χ0) is 16.1. The molecule has 0 unspecified atom stereocenters. The van der Waals surface area contributed by atoms with Crippen LogP contribution in [0.25, 0.3) is 0 Å². The predicted molar refractivity (Wildman–Crippen MR) is 83.2 cm³/mol. The van der Waals surface area contributed by atoms with Gasteiger partial charge < -0.3 is 9.84 Å². The summed E-state index contributed by atoms with van der Waals surface area (Å²) in [5.41, 5.74) is 1.09. The van der Waals surface area contributed by atoms with E-state index < -0.39 is 23.8 Å². The summed E-state index contributed by atoms with van der Waals surface area (Å²) in [6.07, 6.45) is 4.42. The molecule has 0 fully saturated rings. The van der Waals surface area contributed by atoms with Gasteiger partial charge in [-0.15, -0.1) is 0 Å². The zero-order valence-corrected chi connectivity index (χ0v) is 12.9. The molecule has 2 rings (SSSR count). The number of hydrogen-bond acceptors (Lipinski definition) is 3. The quantitative estimate of drug-likeness (QED) is 0.671. The minimum atomic E-state index is -0.936. The number of benzene rings is 1. The van der Waals surface area contributed by atoms with Crippen molar-refractivity contribution in [2.45, 2.75) is 20.3 Å². The molecule has 1 N–H and O–H groups in total. The maximum absolute atomic E-state index is 12.3. The Labute approximate surface area is 130 Å². The summed E-state index contributed by atoms with van der Waals surface area (Å²) in [6.45, 7) is 3.96. The Morgan fingerprint density at radius 2 is 1.64 bits per heavy atom. The van der Waals surface area contributed by atoms with E-state index in [2.05, 4.69) is 0 Å². The molecule has 4 atom stereocenters. The number of allylic oxidation sites excluding steroid dienone is 2. The smallest absolute Gasteiger partial charge is 0.310 e. The van der Waals surface area contributed by atoms with Gasteiger partial charge in [-0.3, -0.25) is 9.59 Å². The normalized spacial score (nSPS) is 27.4. The van der Waals surface area contributed by atoms with Crippen molar-refractivity contribution in [3.8, 4) is 0 Å². The number of carbonyl (C=O) groups is 2. The van der Waals surface area contributed by atoms with Crippen LogP contribution < -0.4 is 0 Å². The van der Waals surface area contributed by atoms with Gasteiger partial charge in [0.15, 0.2) is 0 Å². The van der Waals surface area contributed by atoms with Crippen LogP contribution in [-0.4, -0.2) is 23.7 Å². The molecule has 0 aliphatic heterocycles. The molecule has 0 aromatic heterocycles. The summed E-state index contributed by atoms with van der Waals surface area (Å²) in [5.74, 6) is -2.97. The molecule has 0 radical (unpaired) electrons. The second kappa shape index (κ2) is 7.25. The van der Waals surface area contributed by atoms with Crippen LogP contribution in [0.1, 0.15) is 19.4 Å². The molecule has 0 saturated heterocycles. The van der Waals surface area contributed by atoms with Crippen LogP contribution >= 0.6 is 0 Å². The van der Waals surface area contributed by atoms with E-state index in [-0.39, 0.29) is 18.4 Å². The van der Waals surface area contributed by atoms with Crippen LogP contribution in [0.15, 0.2) is 42.5 Å². The maximum Gasteiger partial charge on any atom is 0.310 e. The minimum absolute atomic E-state index is 0.124.